The van der Waals surface area contributed by atoms with Crippen molar-refractivity contribution in [2.75, 3.05) is 0 Å². The molecule has 0 aliphatic rings. The minimum absolute atomic E-state index is 0.288. The Balaban J connectivity index is 3.55. The molecule has 0 aliphatic heterocycles. The molecule has 0 bridgehead atoms. The van der Waals surface area contributed by atoms with Crippen molar-refractivity contribution < 1.29 is 0 Å². The molecule has 0 aromatic heterocycles. The summed E-state index contributed by atoms with van der Waals surface area (Å²) in [4.78, 5) is 0. The van der Waals surface area contributed by atoms with Crippen LogP contribution in [0.25, 0.3) is 0 Å². The average molecular weight is 153 g/mol. The number of nitriles is 1. The topological polar surface area (TPSA) is 23.8 Å². The van der Waals surface area contributed by atoms with Crippen molar-refractivity contribution in [3.05, 3.63) is 0 Å². The third kappa shape index (κ3) is 4.84. The molecule has 0 unspecified atom stereocenters. The van der Waals surface area contributed by atoms with E-state index in [9.17, 15) is 0 Å². The molecule has 0 fully saturated rings. The Morgan fingerprint density at radius 2 is 2.00 bits per heavy atom. The molecule has 0 saturated carbocycles. The maximum atomic E-state index is 8.69. The van der Waals surface area contributed by atoms with Crippen LogP contribution in [0.1, 0.15) is 46.5 Å². The molecule has 0 aromatic rings. The van der Waals surface area contributed by atoms with Crippen LogP contribution in [0.3, 0.4) is 0 Å². The maximum Gasteiger partial charge on any atom is 0.0655 e. The second kappa shape index (κ2) is 6.22. The zero-order valence-corrected chi connectivity index (χ0v) is 7.93. The minimum Gasteiger partial charge on any atom is -0.198 e. The normalized spacial score (nSPS) is 15.5. The molecular weight excluding hydrogens is 134 g/mol. The molecule has 1 nitrogen and oxygen atoms in total. The van der Waals surface area contributed by atoms with E-state index in [2.05, 4.69) is 26.8 Å². The predicted octanol–water partition coefficient (Wildman–Crippen LogP) is 3.36. The zero-order chi connectivity index (χ0) is 8.69. The van der Waals surface area contributed by atoms with Gasteiger partial charge in [-0.05, 0) is 18.8 Å². The fourth-order valence-corrected chi connectivity index (χ4v) is 1.41. The van der Waals surface area contributed by atoms with Gasteiger partial charge in [0.25, 0.3) is 0 Å². The third-order valence-electron chi connectivity index (χ3n) is 2.14. The average Bonchev–Trinajstić information content (AvgIpc) is 2.01. The molecule has 0 N–H and O–H groups in total. The highest BCUT2D eigenvalue weighted by Gasteiger charge is 2.09. The standard InChI is InChI=1S/C10H19N/c1-4-6-9(3)7-10(5-2)8-11/h9-10H,4-7H2,1-3H3/t9-,10+/m1/s1. The van der Waals surface area contributed by atoms with E-state index in [4.69, 9.17) is 5.26 Å². The first kappa shape index (κ1) is 10.5. The van der Waals surface area contributed by atoms with Gasteiger partial charge in [-0.3, -0.25) is 0 Å². The van der Waals surface area contributed by atoms with Gasteiger partial charge in [0.2, 0.25) is 0 Å². The monoisotopic (exact) mass is 153 g/mol. The molecule has 0 heterocycles. The summed E-state index contributed by atoms with van der Waals surface area (Å²) in [5.41, 5.74) is 0. The summed E-state index contributed by atoms with van der Waals surface area (Å²) >= 11 is 0. The predicted molar refractivity (Wildman–Crippen MR) is 48.1 cm³/mol. The molecule has 0 spiro atoms. The second-order valence-corrected chi connectivity index (χ2v) is 3.36. The van der Waals surface area contributed by atoms with E-state index >= 15 is 0 Å². The van der Waals surface area contributed by atoms with Gasteiger partial charge in [-0.1, -0.05) is 33.6 Å². The number of hydrogen-bond donors (Lipinski definition) is 0. The smallest absolute Gasteiger partial charge is 0.0655 e. The highest BCUT2D eigenvalue weighted by molar-refractivity contribution is 4.82. The van der Waals surface area contributed by atoms with Crippen LogP contribution in [0.4, 0.5) is 0 Å². The molecule has 0 rings (SSSR count). The molecule has 0 aromatic carbocycles. The molecule has 1 heteroatoms. The second-order valence-electron chi connectivity index (χ2n) is 3.36. The summed E-state index contributed by atoms with van der Waals surface area (Å²) in [5.74, 6) is 1.01. The Morgan fingerprint density at radius 1 is 1.36 bits per heavy atom. The first-order chi connectivity index (χ1) is 5.24. The first-order valence-corrected chi connectivity index (χ1v) is 4.64. The Hall–Kier alpha value is -0.510. The molecular formula is C10H19N. The summed E-state index contributed by atoms with van der Waals surface area (Å²) in [7, 11) is 0. The summed E-state index contributed by atoms with van der Waals surface area (Å²) in [6, 6.07) is 2.34. The summed E-state index contributed by atoms with van der Waals surface area (Å²) in [6.45, 7) is 6.53. The lowest BCUT2D eigenvalue weighted by atomic mass is 9.92. The van der Waals surface area contributed by atoms with Crippen LogP contribution in [-0.4, -0.2) is 0 Å². The maximum absolute atomic E-state index is 8.69. The van der Waals surface area contributed by atoms with Crippen molar-refractivity contribution in [1.82, 2.24) is 0 Å². The Kier molecular flexibility index (Phi) is 5.93. The van der Waals surface area contributed by atoms with Crippen LogP contribution in [0.5, 0.6) is 0 Å². The van der Waals surface area contributed by atoms with Crippen molar-refractivity contribution in [3.8, 4) is 6.07 Å². The summed E-state index contributed by atoms with van der Waals surface area (Å²) < 4.78 is 0. The highest BCUT2D eigenvalue weighted by atomic mass is 14.3. The molecule has 64 valence electrons. The van der Waals surface area contributed by atoms with Crippen molar-refractivity contribution in [2.45, 2.75) is 46.5 Å². The lowest BCUT2D eigenvalue weighted by Crippen LogP contribution is -2.03. The van der Waals surface area contributed by atoms with Gasteiger partial charge in [0.1, 0.15) is 0 Å². The summed E-state index contributed by atoms with van der Waals surface area (Å²) in [6.07, 6.45) is 4.59. The number of hydrogen-bond acceptors (Lipinski definition) is 1. The number of nitrogens with zero attached hydrogens (tertiary/aromatic N) is 1. The molecule has 0 aliphatic carbocycles. The van der Waals surface area contributed by atoms with E-state index < -0.39 is 0 Å². The fourth-order valence-electron chi connectivity index (χ4n) is 1.41. The SMILES string of the molecule is CCC[C@@H](C)C[C@@H](C#N)CC. The molecule has 0 saturated heterocycles. The molecule has 11 heavy (non-hydrogen) atoms. The fraction of sp³-hybridized carbons (Fsp3) is 0.900. The molecule has 2 atom stereocenters. The van der Waals surface area contributed by atoms with Gasteiger partial charge >= 0.3 is 0 Å². The quantitative estimate of drug-likeness (QED) is 0.594. The van der Waals surface area contributed by atoms with Gasteiger partial charge in [0, 0.05) is 5.92 Å². The highest BCUT2D eigenvalue weighted by Crippen LogP contribution is 2.18. The van der Waals surface area contributed by atoms with E-state index in [0.29, 0.717) is 0 Å². The lowest BCUT2D eigenvalue weighted by molar-refractivity contribution is 0.416. The zero-order valence-electron chi connectivity index (χ0n) is 7.93. The summed E-state index contributed by atoms with van der Waals surface area (Å²) in [5, 5.41) is 8.69. The van der Waals surface area contributed by atoms with Crippen molar-refractivity contribution in [2.24, 2.45) is 11.8 Å². The van der Waals surface area contributed by atoms with Crippen LogP contribution in [-0.2, 0) is 0 Å². The van der Waals surface area contributed by atoms with Crippen LogP contribution in [0, 0.1) is 23.2 Å². The van der Waals surface area contributed by atoms with Crippen LogP contribution in [0.15, 0.2) is 0 Å². The van der Waals surface area contributed by atoms with E-state index in [1.165, 1.54) is 12.8 Å². The van der Waals surface area contributed by atoms with Crippen LogP contribution < -0.4 is 0 Å². The van der Waals surface area contributed by atoms with Gasteiger partial charge < -0.3 is 0 Å². The Morgan fingerprint density at radius 3 is 2.36 bits per heavy atom. The van der Waals surface area contributed by atoms with Gasteiger partial charge in [-0.2, -0.15) is 5.26 Å². The van der Waals surface area contributed by atoms with Gasteiger partial charge in [0.15, 0.2) is 0 Å². The first-order valence-electron chi connectivity index (χ1n) is 4.64. The van der Waals surface area contributed by atoms with E-state index in [1.54, 1.807) is 0 Å². The van der Waals surface area contributed by atoms with Crippen molar-refractivity contribution in [1.29, 1.82) is 5.26 Å². The minimum atomic E-state index is 0.288. The molecule has 0 amide bonds. The van der Waals surface area contributed by atoms with Gasteiger partial charge in [0.05, 0.1) is 6.07 Å². The third-order valence-corrected chi connectivity index (χ3v) is 2.14. The Bertz CT molecular complexity index is 123. The Labute approximate surface area is 70.4 Å². The largest absolute Gasteiger partial charge is 0.198 e. The van der Waals surface area contributed by atoms with Crippen molar-refractivity contribution >= 4 is 0 Å². The van der Waals surface area contributed by atoms with Gasteiger partial charge in [-0.25, -0.2) is 0 Å². The molecule has 0 radical (unpaired) electrons. The van der Waals surface area contributed by atoms with Crippen LogP contribution in [0.2, 0.25) is 0 Å². The van der Waals surface area contributed by atoms with Gasteiger partial charge in [-0.15, -0.1) is 0 Å². The number of rotatable bonds is 5. The van der Waals surface area contributed by atoms with E-state index in [-0.39, 0.29) is 5.92 Å². The van der Waals surface area contributed by atoms with Crippen LogP contribution >= 0.6 is 0 Å². The van der Waals surface area contributed by atoms with Crippen molar-refractivity contribution in [3.63, 3.8) is 0 Å². The van der Waals surface area contributed by atoms with E-state index in [0.717, 1.165) is 18.8 Å². The van der Waals surface area contributed by atoms with E-state index in [1.807, 2.05) is 0 Å². The lowest BCUT2D eigenvalue weighted by Gasteiger charge is -2.12.